The Morgan fingerprint density at radius 1 is 1.37 bits per heavy atom. The van der Waals surface area contributed by atoms with Gasteiger partial charge in [-0.05, 0) is 37.8 Å². The molecule has 0 spiro atoms. The van der Waals surface area contributed by atoms with Crippen molar-refractivity contribution in [2.75, 3.05) is 6.54 Å². The molecule has 2 aromatic heterocycles. The number of aromatic nitrogens is 2. The van der Waals surface area contributed by atoms with Gasteiger partial charge in [-0.1, -0.05) is 19.0 Å². The largest absolute Gasteiger partial charge is 0.339 e. The van der Waals surface area contributed by atoms with Crippen LogP contribution in [0.2, 0.25) is 0 Å². The Morgan fingerprint density at radius 3 is 2.79 bits per heavy atom. The molecule has 2 unspecified atom stereocenters. The molecule has 104 valence electrons. The number of nitrogens with one attached hydrogen (secondary N) is 1. The summed E-state index contributed by atoms with van der Waals surface area (Å²) in [5.74, 6) is 1.62. The maximum absolute atomic E-state index is 5.41. The second kappa shape index (κ2) is 6.30. The Balaban J connectivity index is 2.10. The predicted molar refractivity (Wildman–Crippen MR) is 78.5 cm³/mol. The second-order valence-electron chi connectivity index (χ2n) is 4.96. The lowest BCUT2D eigenvalue weighted by molar-refractivity contribution is 0.331. The van der Waals surface area contributed by atoms with Crippen molar-refractivity contribution in [3.8, 4) is 11.4 Å². The third-order valence-electron chi connectivity index (χ3n) is 3.39. The van der Waals surface area contributed by atoms with Crippen molar-refractivity contribution in [1.29, 1.82) is 0 Å². The predicted octanol–water partition coefficient (Wildman–Crippen LogP) is 3.60. The number of thiophene rings is 1. The van der Waals surface area contributed by atoms with E-state index < -0.39 is 0 Å². The van der Waals surface area contributed by atoms with E-state index in [0.29, 0.717) is 17.8 Å². The lowest BCUT2D eigenvalue weighted by Gasteiger charge is -2.17. The summed E-state index contributed by atoms with van der Waals surface area (Å²) in [7, 11) is 0. The zero-order chi connectivity index (χ0) is 13.8. The highest BCUT2D eigenvalue weighted by Crippen LogP contribution is 2.26. The molecule has 0 amide bonds. The van der Waals surface area contributed by atoms with Crippen molar-refractivity contribution < 1.29 is 4.52 Å². The van der Waals surface area contributed by atoms with Crippen LogP contribution in [0.4, 0.5) is 0 Å². The quantitative estimate of drug-likeness (QED) is 0.877. The van der Waals surface area contributed by atoms with Gasteiger partial charge in [0.25, 0.3) is 0 Å². The fraction of sp³-hybridized carbons (Fsp3) is 0.571. The molecule has 2 aromatic rings. The fourth-order valence-corrected chi connectivity index (χ4v) is 2.71. The monoisotopic (exact) mass is 279 g/mol. The van der Waals surface area contributed by atoms with Crippen LogP contribution < -0.4 is 5.32 Å². The minimum atomic E-state index is 0.215. The molecule has 0 bridgehead atoms. The highest BCUT2D eigenvalue weighted by molar-refractivity contribution is 7.08. The van der Waals surface area contributed by atoms with Crippen LogP contribution in [0.25, 0.3) is 11.4 Å². The molecule has 2 heterocycles. The first-order chi connectivity index (χ1) is 9.13. The molecule has 0 radical (unpaired) electrons. The van der Waals surface area contributed by atoms with Gasteiger partial charge in [-0.3, -0.25) is 0 Å². The molecule has 0 saturated heterocycles. The molecule has 0 saturated carbocycles. The van der Waals surface area contributed by atoms with E-state index in [2.05, 4.69) is 53.9 Å². The minimum Gasteiger partial charge on any atom is -0.339 e. The van der Waals surface area contributed by atoms with Gasteiger partial charge in [0.2, 0.25) is 11.7 Å². The normalized spacial score (nSPS) is 14.5. The molecule has 2 rings (SSSR count). The molecule has 2 atom stereocenters. The summed E-state index contributed by atoms with van der Waals surface area (Å²) in [5, 5.41) is 11.7. The molecule has 0 aliphatic heterocycles. The average Bonchev–Trinajstić information content (AvgIpc) is 3.03. The number of nitrogens with zero attached hydrogens (tertiary/aromatic N) is 2. The van der Waals surface area contributed by atoms with Crippen LogP contribution in [0, 0.1) is 6.92 Å². The molecule has 1 N–H and O–H groups in total. The average molecular weight is 279 g/mol. The molecule has 5 heteroatoms. The van der Waals surface area contributed by atoms with Crippen LogP contribution in [-0.4, -0.2) is 22.7 Å². The van der Waals surface area contributed by atoms with E-state index in [1.54, 1.807) is 11.3 Å². The van der Waals surface area contributed by atoms with Crippen molar-refractivity contribution in [3.05, 3.63) is 22.2 Å². The smallest absolute Gasteiger partial charge is 0.231 e. The van der Waals surface area contributed by atoms with Crippen molar-refractivity contribution in [2.45, 2.75) is 46.1 Å². The van der Waals surface area contributed by atoms with E-state index in [4.69, 9.17) is 4.52 Å². The number of rotatable bonds is 6. The van der Waals surface area contributed by atoms with Gasteiger partial charge in [0, 0.05) is 17.0 Å². The first-order valence-electron chi connectivity index (χ1n) is 6.73. The lowest BCUT2D eigenvalue weighted by Crippen LogP contribution is -2.31. The van der Waals surface area contributed by atoms with E-state index in [9.17, 15) is 0 Å². The molecule has 19 heavy (non-hydrogen) atoms. The van der Waals surface area contributed by atoms with Gasteiger partial charge in [0.05, 0.1) is 5.92 Å². The number of aryl methyl sites for hydroxylation is 1. The van der Waals surface area contributed by atoms with Crippen molar-refractivity contribution in [2.24, 2.45) is 0 Å². The molecule has 4 nitrogen and oxygen atoms in total. The summed E-state index contributed by atoms with van der Waals surface area (Å²) in [6.07, 6.45) is 1.13. The maximum atomic E-state index is 5.41. The first-order valence-corrected chi connectivity index (χ1v) is 7.68. The fourth-order valence-electron chi connectivity index (χ4n) is 1.88. The van der Waals surface area contributed by atoms with Gasteiger partial charge in [0.1, 0.15) is 0 Å². The van der Waals surface area contributed by atoms with Crippen LogP contribution in [-0.2, 0) is 0 Å². The topological polar surface area (TPSA) is 51.0 Å². The Bertz CT molecular complexity index is 520. The van der Waals surface area contributed by atoms with Gasteiger partial charge in [-0.15, -0.1) is 0 Å². The third-order valence-corrected chi connectivity index (χ3v) is 4.26. The maximum Gasteiger partial charge on any atom is 0.231 e. The van der Waals surface area contributed by atoms with E-state index in [1.165, 1.54) is 5.56 Å². The van der Waals surface area contributed by atoms with Gasteiger partial charge in [-0.2, -0.15) is 16.3 Å². The van der Waals surface area contributed by atoms with E-state index in [0.717, 1.165) is 18.5 Å². The van der Waals surface area contributed by atoms with Crippen LogP contribution in [0.5, 0.6) is 0 Å². The van der Waals surface area contributed by atoms with Crippen LogP contribution in [0.3, 0.4) is 0 Å². The summed E-state index contributed by atoms with van der Waals surface area (Å²) in [6, 6.07) is 0.330. The standard InChI is InChI=1S/C14H21N3OS/c1-5-6-15-11(4)10(3)14-16-13(17-18-14)12-8-19-7-9(12)2/h7-8,10-11,15H,5-6H2,1-4H3. The molecular weight excluding hydrogens is 258 g/mol. The summed E-state index contributed by atoms with van der Waals surface area (Å²) in [6.45, 7) is 9.51. The molecular formula is C14H21N3OS. The zero-order valence-corrected chi connectivity index (χ0v) is 12.8. The van der Waals surface area contributed by atoms with Gasteiger partial charge < -0.3 is 9.84 Å². The number of hydrogen-bond donors (Lipinski definition) is 1. The molecule has 0 aliphatic rings. The molecule has 0 aliphatic carbocycles. The summed E-state index contributed by atoms with van der Waals surface area (Å²) in [4.78, 5) is 4.53. The Hall–Kier alpha value is -1.20. The molecule has 0 aromatic carbocycles. The van der Waals surface area contributed by atoms with Crippen molar-refractivity contribution >= 4 is 11.3 Å². The minimum absolute atomic E-state index is 0.215. The lowest BCUT2D eigenvalue weighted by atomic mass is 10.0. The summed E-state index contributed by atoms with van der Waals surface area (Å²) >= 11 is 1.66. The highest BCUT2D eigenvalue weighted by atomic mass is 32.1. The third kappa shape index (κ3) is 3.22. The van der Waals surface area contributed by atoms with Crippen molar-refractivity contribution in [3.63, 3.8) is 0 Å². The van der Waals surface area contributed by atoms with Gasteiger partial charge in [0.15, 0.2) is 0 Å². The van der Waals surface area contributed by atoms with Gasteiger partial charge >= 0.3 is 0 Å². The van der Waals surface area contributed by atoms with E-state index >= 15 is 0 Å². The second-order valence-corrected chi connectivity index (χ2v) is 5.70. The summed E-state index contributed by atoms with van der Waals surface area (Å²) in [5.41, 5.74) is 2.27. The molecule has 0 fully saturated rings. The van der Waals surface area contributed by atoms with E-state index in [-0.39, 0.29) is 5.92 Å². The van der Waals surface area contributed by atoms with Crippen LogP contribution in [0.1, 0.15) is 44.6 Å². The Labute approximate surface area is 118 Å². The van der Waals surface area contributed by atoms with E-state index in [1.807, 2.05) is 0 Å². The zero-order valence-electron chi connectivity index (χ0n) is 11.9. The van der Waals surface area contributed by atoms with Crippen molar-refractivity contribution in [1.82, 2.24) is 15.5 Å². The SMILES string of the molecule is CCCNC(C)C(C)c1nc(-c2cscc2C)no1. The first kappa shape index (κ1) is 14.2. The summed E-state index contributed by atoms with van der Waals surface area (Å²) < 4.78 is 5.41. The Kier molecular flexibility index (Phi) is 4.71. The number of hydrogen-bond acceptors (Lipinski definition) is 5. The highest BCUT2D eigenvalue weighted by Gasteiger charge is 2.21. The van der Waals surface area contributed by atoms with Gasteiger partial charge in [-0.25, -0.2) is 0 Å². The van der Waals surface area contributed by atoms with Crippen LogP contribution in [0.15, 0.2) is 15.3 Å². The Morgan fingerprint density at radius 2 is 2.16 bits per heavy atom. The van der Waals surface area contributed by atoms with Crippen LogP contribution >= 0.6 is 11.3 Å².